The molecule has 9 heteroatoms. The first-order valence-electron chi connectivity index (χ1n) is 9.27. The molecule has 0 saturated carbocycles. The number of hydrogen-bond acceptors (Lipinski definition) is 6. The molecule has 2 N–H and O–H groups in total. The fourth-order valence-electron chi connectivity index (χ4n) is 3.41. The summed E-state index contributed by atoms with van der Waals surface area (Å²) in [6, 6.07) is 14.5. The molecule has 0 unspecified atom stereocenters. The Hall–Kier alpha value is -4.27. The van der Waals surface area contributed by atoms with Crippen molar-refractivity contribution in [1.29, 1.82) is 0 Å². The van der Waals surface area contributed by atoms with Crippen LogP contribution in [0, 0.1) is 0 Å². The maximum atomic E-state index is 11.0. The smallest absolute Gasteiger partial charge is 0.338 e. The van der Waals surface area contributed by atoms with E-state index in [1.165, 1.54) is 27.8 Å². The van der Waals surface area contributed by atoms with Crippen molar-refractivity contribution < 1.29 is 15.0 Å². The number of aromatic hydroxyl groups is 1. The average Bonchev–Trinajstić information content (AvgIpc) is 3.40. The van der Waals surface area contributed by atoms with E-state index in [2.05, 4.69) is 50.5 Å². The van der Waals surface area contributed by atoms with Crippen LogP contribution in [-0.2, 0) is 13.0 Å². The topological polar surface area (TPSA) is 119 Å². The number of carboxylic acid groups (broad SMARTS) is 1. The van der Waals surface area contributed by atoms with Crippen molar-refractivity contribution in [2.75, 3.05) is 0 Å². The maximum Gasteiger partial charge on any atom is 0.338 e. The van der Waals surface area contributed by atoms with Crippen LogP contribution in [-0.4, -0.2) is 45.7 Å². The van der Waals surface area contributed by atoms with Crippen molar-refractivity contribution in [3.8, 4) is 11.8 Å². The van der Waals surface area contributed by atoms with Gasteiger partial charge in [-0.3, -0.25) is 4.68 Å². The van der Waals surface area contributed by atoms with Crippen LogP contribution in [0.1, 0.15) is 15.9 Å². The molecule has 0 aliphatic rings. The number of aryl methyl sites for hydroxylation is 2. The summed E-state index contributed by atoms with van der Waals surface area (Å²) < 4.78 is 2.87. The van der Waals surface area contributed by atoms with Crippen molar-refractivity contribution in [2.45, 2.75) is 13.0 Å². The number of benzene rings is 2. The van der Waals surface area contributed by atoms with Crippen molar-refractivity contribution in [3.05, 3.63) is 72.2 Å². The number of fused-ring (bicyclic) bond motifs is 2. The number of carboxylic acids is 1. The third-order valence-corrected chi connectivity index (χ3v) is 4.92. The predicted molar refractivity (Wildman–Crippen MR) is 109 cm³/mol. The van der Waals surface area contributed by atoms with Crippen molar-refractivity contribution in [2.24, 2.45) is 0 Å². The Morgan fingerprint density at radius 1 is 1.00 bits per heavy atom. The van der Waals surface area contributed by atoms with Crippen LogP contribution in [0.15, 0.2) is 61.1 Å². The molecule has 0 amide bonds. The molecule has 9 nitrogen and oxygen atoms in total. The lowest BCUT2D eigenvalue weighted by atomic mass is 10.1. The van der Waals surface area contributed by atoms with E-state index < -0.39 is 5.97 Å². The van der Waals surface area contributed by atoms with Crippen LogP contribution in [0.3, 0.4) is 0 Å². The van der Waals surface area contributed by atoms with Crippen molar-refractivity contribution >= 4 is 27.8 Å². The molecular formula is C21H16N6O3. The molecule has 5 rings (SSSR count). The van der Waals surface area contributed by atoms with Gasteiger partial charge in [-0.25, -0.2) is 14.5 Å². The van der Waals surface area contributed by atoms with Crippen LogP contribution in [0.2, 0.25) is 0 Å². The third-order valence-electron chi connectivity index (χ3n) is 4.92. The molecular weight excluding hydrogens is 384 g/mol. The summed E-state index contributed by atoms with van der Waals surface area (Å²) in [5, 5.41) is 30.1. The maximum absolute atomic E-state index is 11.0. The minimum Gasteiger partial charge on any atom is -0.492 e. The second-order valence-corrected chi connectivity index (χ2v) is 6.86. The Morgan fingerprint density at radius 3 is 2.63 bits per heavy atom. The molecule has 0 aliphatic carbocycles. The zero-order valence-electron chi connectivity index (χ0n) is 15.7. The SMILES string of the molecule is O=C(O)c1cnn(-c2nc(O)c3c(cnn3CCc3ccc4ccccc4c3)n2)c1. The van der Waals surface area contributed by atoms with Gasteiger partial charge in [-0.05, 0) is 22.8 Å². The number of hydrogen-bond donors (Lipinski definition) is 2. The summed E-state index contributed by atoms with van der Waals surface area (Å²) >= 11 is 0. The van der Waals surface area contributed by atoms with Gasteiger partial charge in [0.25, 0.3) is 5.95 Å². The molecule has 148 valence electrons. The standard InChI is InChI=1S/C21H16N6O3/c28-19-18-17(24-21(25-19)27-12-16(10-22-27)20(29)30)11-23-26(18)8-7-13-5-6-14-3-1-2-4-15(14)9-13/h1-6,9-12H,7-8H2,(H,29,30)(H,24,25,28). The first-order valence-corrected chi connectivity index (χ1v) is 9.27. The van der Waals surface area contributed by atoms with Gasteiger partial charge in [0.15, 0.2) is 0 Å². The van der Waals surface area contributed by atoms with Crippen molar-refractivity contribution in [3.63, 3.8) is 0 Å². The molecule has 0 bridgehead atoms. The predicted octanol–water partition coefficient (Wildman–Crippen LogP) is 2.81. The number of rotatable bonds is 5. The molecule has 0 fully saturated rings. The van der Waals surface area contributed by atoms with Crippen LogP contribution in [0.25, 0.3) is 27.8 Å². The third kappa shape index (κ3) is 3.12. The lowest BCUT2D eigenvalue weighted by Crippen LogP contribution is -2.06. The molecule has 5 aromatic rings. The highest BCUT2D eigenvalue weighted by molar-refractivity contribution is 5.87. The van der Waals surface area contributed by atoms with E-state index in [1.807, 2.05) is 12.1 Å². The normalized spacial score (nSPS) is 11.3. The van der Waals surface area contributed by atoms with E-state index in [-0.39, 0.29) is 17.4 Å². The van der Waals surface area contributed by atoms with Gasteiger partial charge in [0.2, 0.25) is 5.88 Å². The molecule has 0 radical (unpaired) electrons. The highest BCUT2D eigenvalue weighted by atomic mass is 16.4. The van der Waals surface area contributed by atoms with Crippen LogP contribution in [0.4, 0.5) is 0 Å². The van der Waals surface area contributed by atoms with Gasteiger partial charge in [0, 0.05) is 12.7 Å². The fraction of sp³-hybridized carbons (Fsp3) is 0.0952. The second-order valence-electron chi connectivity index (χ2n) is 6.86. The lowest BCUT2D eigenvalue weighted by molar-refractivity contribution is 0.0697. The Balaban J connectivity index is 1.43. The van der Waals surface area contributed by atoms with E-state index in [0.29, 0.717) is 17.6 Å². The van der Waals surface area contributed by atoms with Crippen LogP contribution >= 0.6 is 0 Å². The molecule has 0 atom stereocenters. The van der Waals surface area contributed by atoms with Gasteiger partial charge in [-0.1, -0.05) is 42.5 Å². The molecule has 30 heavy (non-hydrogen) atoms. The van der Waals surface area contributed by atoms with Crippen LogP contribution < -0.4 is 0 Å². The summed E-state index contributed by atoms with van der Waals surface area (Å²) in [5.74, 6) is -1.27. The van der Waals surface area contributed by atoms with Gasteiger partial charge < -0.3 is 10.2 Å². The Kier molecular flexibility index (Phi) is 4.13. The zero-order chi connectivity index (χ0) is 20.7. The Morgan fingerprint density at radius 2 is 1.83 bits per heavy atom. The highest BCUT2D eigenvalue weighted by Crippen LogP contribution is 2.23. The average molecular weight is 400 g/mol. The quantitative estimate of drug-likeness (QED) is 0.465. The molecule has 0 aliphatic heterocycles. The van der Waals surface area contributed by atoms with E-state index in [0.717, 1.165) is 12.0 Å². The van der Waals surface area contributed by atoms with Gasteiger partial charge >= 0.3 is 5.97 Å². The zero-order valence-corrected chi connectivity index (χ0v) is 15.7. The van der Waals surface area contributed by atoms with E-state index in [4.69, 9.17) is 5.11 Å². The van der Waals surface area contributed by atoms with Gasteiger partial charge in [-0.15, -0.1) is 0 Å². The van der Waals surface area contributed by atoms with Crippen LogP contribution in [0.5, 0.6) is 5.88 Å². The minimum atomic E-state index is -1.10. The monoisotopic (exact) mass is 400 g/mol. The summed E-state index contributed by atoms with van der Waals surface area (Å²) in [5.41, 5.74) is 2.03. The van der Waals surface area contributed by atoms with E-state index in [9.17, 15) is 9.90 Å². The summed E-state index contributed by atoms with van der Waals surface area (Å²) in [7, 11) is 0. The summed E-state index contributed by atoms with van der Waals surface area (Å²) in [6.45, 7) is 0.545. The molecule has 3 heterocycles. The number of aromatic nitrogens is 6. The summed E-state index contributed by atoms with van der Waals surface area (Å²) in [4.78, 5) is 19.4. The van der Waals surface area contributed by atoms with E-state index >= 15 is 0 Å². The Bertz CT molecular complexity index is 1400. The molecule has 2 aromatic carbocycles. The lowest BCUT2D eigenvalue weighted by Gasteiger charge is -2.07. The summed E-state index contributed by atoms with van der Waals surface area (Å²) in [6.07, 6.45) is 4.75. The minimum absolute atomic E-state index is 0.00395. The first-order chi connectivity index (χ1) is 14.6. The fourth-order valence-corrected chi connectivity index (χ4v) is 3.41. The van der Waals surface area contributed by atoms with Gasteiger partial charge in [-0.2, -0.15) is 15.2 Å². The molecule has 3 aromatic heterocycles. The first kappa shape index (κ1) is 17.8. The number of carbonyl (C=O) groups is 1. The Labute approximate surface area is 169 Å². The van der Waals surface area contributed by atoms with E-state index in [1.54, 1.807) is 10.9 Å². The molecule has 0 saturated heterocycles. The van der Waals surface area contributed by atoms with Gasteiger partial charge in [0.1, 0.15) is 11.0 Å². The molecule has 0 spiro atoms. The van der Waals surface area contributed by atoms with Gasteiger partial charge in [0.05, 0.1) is 18.0 Å². The second kappa shape index (κ2) is 6.96. The van der Waals surface area contributed by atoms with Crippen molar-refractivity contribution in [1.82, 2.24) is 29.5 Å². The largest absolute Gasteiger partial charge is 0.492 e. The highest BCUT2D eigenvalue weighted by Gasteiger charge is 2.16. The number of aromatic carboxylic acids is 1. The number of nitrogens with zero attached hydrogens (tertiary/aromatic N) is 6.